The van der Waals surface area contributed by atoms with Crippen LogP contribution in [0.1, 0.15) is 5.56 Å². The van der Waals surface area contributed by atoms with Crippen molar-refractivity contribution in [3.63, 3.8) is 0 Å². The number of rotatable bonds is 4. The minimum absolute atomic E-state index is 0.485. The summed E-state index contributed by atoms with van der Waals surface area (Å²) in [6.07, 6.45) is 7.19. The Bertz CT molecular complexity index is 635. The highest BCUT2D eigenvalue weighted by Gasteiger charge is 2.01. The molecule has 0 N–H and O–H groups in total. The second kappa shape index (κ2) is 5.35. The number of pyridine rings is 1. The van der Waals surface area contributed by atoms with Crippen molar-refractivity contribution in [3.05, 3.63) is 72.8 Å². The van der Waals surface area contributed by atoms with E-state index in [2.05, 4.69) is 10.1 Å². The summed E-state index contributed by atoms with van der Waals surface area (Å²) in [4.78, 5) is 4.00. The fourth-order valence-corrected chi connectivity index (χ4v) is 1.76. The fraction of sp³-hybridized carbons (Fsp3) is 0.0667. The van der Waals surface area contributed by atoms with Crippen LogP contribution < -0.4 is 4.74 Å². The van der Waals surface area contributed by atoms with E-state index in [4.69, 9.17) is 4.74 Å². The monoisotopic (exact) mass is 251 g/mol. The van der Waals surface area contributed by atoms with Crippen LogP contribution in [0.4, 0.5) is 0 Å². The van der Waals surface area contributed by atoms with Crippen molar-refractivity contribution in [2.75, 3.05) is 0 Å². The van der Waals surface area contributed by atoms with Gasteiger partial charge in [0, 0.05) is 18.0 Å². The molecule has 19 heavy (non-hydrogen) atoms. The first-order chi connectivity index (χ1) is 9.42. The smallest absolute Gasteiger partial charge is 0.138 e. The van der Waals surface area contributed by atoms with Crippen molar-refractivity contribution in [1.29, 1.82) is 0 Å². The third-order valence-corrected chi connectivity index (χ3v) is 2.70. The van der Waals surface area contributed by atoms with Crippen LogP contribution in [0.5, 0.6) is 5.75 Å². The predicted molar refractivity (Wildman–Crippen MR) is 72.1 cm³/mol. The summed E-state index contributed by atoms with van der Waals surface area (Å²) in [5.74, 6) is 0.759. The molecule has 0 spiro atoms. The van der Waals surface area contributed by atoms with Gasteiger partial charge in [-0.15, -0.1) is 0 Å². The van der Waals surface area contributed by atoms with Crippen molar-refractivity contribution in [1.82, 2.24) is 14.8 Å². The number of ether oxygens (including phenoxy) is 1. The van der Waals surface area contributed by atoms with Gasteiger partial charge in [-0.05, 0) is 24.3 Å². The molecule has 0 unspecified atom stereocenters. The maximum atomic E-state index is 5.63. The van der Waals surface area contributed by atoms with Gasteiger partial charge in [0.2, 0.25) is 0 Å². The molecule has 0 atom stereocenters. The molecule has 0 aliphatic rings. The topological polar surface area (TPSA) is 39.9 Å². The summed E-state index contributed by atoms with van der Waals surface area (Å²) in [6.45, 7) is 0.485. The zero-order valence-corrected chi connectivity index (χ0v) is 10.3. The minimum atomic E-state index is 0.485. The third-order valence-electron chi connectivity index (χ3n) is 2.70. The third kappa shape index (κ3) is 2.80. The standard InChI is InChI=1S/C15H13N3O/c1-2-5-14(6-3-1)18-11-13(9-17-18)12-19-15-7-4-8-16-10-15/h1-11H,12H2. The number of hydrogen-bond acceptors (Lipinski definition) is 3. The van der Waals surface area contributed by atoms with Gasteiger partial charge in [-0.3, -0.25) is 4.98 Å². The molecule has 4 heteroatoms. The lowest BCUT2D eigenvalue weighted by molar-refractivity contribution is 0.305. The Labute approximate surface area is 111 Å². The molecule has 0 aliphatic heterocycles. The SMILES string of the molecule is c1ccc(-n2cc(COc3cccnc3)cn2)cc1. The van der Waals surface area contributed by atoms with Gasteiger partial charge in [-0.1, -0.05) is 18.2 Å². The molecule has 2 aromatic heterocycles. The van der Waals surface area contributed by atoms with Crippen molar-refractivity contribution < 1.29 is 4.74 Å². The molecule has 0 saturated carbocycles. The zero-order chi connectivity index (χ0) is 12.9. The van der Waals surface area contributed by atoms with Gasteiger partial charge < -0.3 is 4.74 Å². The van der Waals surface area contributed by atoms with E-state index in [0.717, 1.165) is 17.0 Å². The Morgan fingerprint density at radius 1 is 1.00 bits per heavy atom. The second-order valence-electron chi connectivity index (χ2n) is 4.11. The van der Waals surface area contributed by atoms with Gasteiger partial charge in [0.05, 0.1) is 18.1 Å². The lowest BCUT2D eigenvalue weighted by atomic mass is 10.3. The van der Waals surface area contributed by atoms with Gasteiger partial charge in [0.15, 0.2) is 0 Å². The number of benzene rings is 1. The van der Waals surface area contributed by atoms with E-state index < -0.39 is 0 Å². The van der Waals surface area contributed by atoms with Crippen molar-refractivity contribution in [3.8, 4) is 11.4 Å². The Balaban J connectivity index is 1.69. The number of para-hydroxylation sites is 1. The van der Waals surface area contributed by atoms with Crippen LogP contribution in [0.25, 0.3) is 5.69 Å². The quantitative estimate of drug-likeness (QED) is 0.715. The Morgan fingerprint density at radius 3 is 2.68 bits per heavy atom. The van der Waals surface area contributed by atoms with Crippen LogP contribution in [-0.4, -0.2) is 14.8 Å². The van der Waals surface area contributed by atoms with Gasteiger partial charge in [0.1, 0.15) is 12.4 Å². The second-order valence-corrected chi connectivity index (χ2v) is 4.11. The lowest BCUT2D eigenvalue weighted by Gasteiger charge is -2.03. The first-order valence-corrected chi connectivity index (χ1v) is 6.03. The largest absolute Gasteiger partial charge is 0.487 e. The summed E-state index contributed by atoms with van der Waals surface area (Å²) < 4.78 is 7.46. The summed E-state index contributed by atoms with van der Waals surface area (Å²) in [7, 11) is 0. The number of nitrogens with zero attached hydrogens (tertiary/aromatic N) is 3. The number of aromatic nitrogens is 3. The molecule has 0 radical (unpaired) electrons. The van der Waals surface area contributed by atoms with E-state index in [0.29, 0.717) is 6.61 Å². The van der Waals surface area contributed by atoms with Crippen LogP contribution in [0.3, 0.4) is 0 Å². The Kier molecular flexibility index (Phi) is 3.23. The molecule has 0 fully saturated rings. The van der Waals surface area contributed by atoms with Crippen molar-refractivity contribution in [2.45, 2.75) is 6.61 Å². The van der Waals surface area contributed by atoms with Crippen LogP contribution in [0.2, 0.25) is 0 Å². The highest BCUT2D eigenvalue weighted by atomic mass is 16.5. The van der Waals surface area contributed by atoms with E-state index in [1.807, 2.05) is 59.5 Å². The van der Waals surface area contributed by atoms with Crippen LogP contribution in [0, 0.1) is 0 Å². The first kappa shape index (κ1) is 11.5. The van der Waals surface area contributed by atoms with Gasteiger partial charge >= 0.3 is 0 Å². The Morgan fingerprint density at radius 2 is 1.89 bits per heavy atom. The normalized spacial score (nSPS) is 10.3. The van der Waals surface area contributed by atoms with Crippen LogP contribution in [0.15, 0.2) is 67.3 Å². The van der Waals surface area contributed by atoms with E-state index in [-0.39, 0.29) is 0 Å². The lowest BCUT2D eigenvalue weighted by Crippen LogP contribution is -1.95. The average molecular weight is 251 g/mol. The van der Waals surface area contributed by atoms with E-state index in [9.17, 15) is 0 Å². The highest BCUT2D eigenvalue weighted by Crippen LogP contribution is 2.11. The highest BCUT2D eigenvalue weighted by molar-refractivity contribution is 5.30. The average Bonchev–Trinajstić information content (AvgIpc) is 2.96. The molecular formula is C15H13N3O. The molecule has 3 rings (SSSR count). The van der Waals surface area contributed by atoms with E-state index in [1.165, 1.54) is 0 Å². The maximum Gasteiger partial charge on any atom is 0.138 e. The molecular weight excluding hydrogens is 238 g/mol. The van der Waals surface area contributed by atoms with Gasteiger partial charge in [-0.2, -0.15) is 5.10 Å². The van der Waals surface area contributed by atoms with Crippen LogP contribution in [-0.2, 0) is 6.61 Å². The van der Waals surface area contributed by atoms with Crippen molar-refractivity contribution >= 4 is 0 Å². The summed E-state index contributed by atoms with van der Waals surface area (Å²) in [5, 5.41) is 4.32. The van der Waals surface area contributed by atoms with Gasteiger partial charge in [-0.25, -0.2) is 4.68 Å². The fourth-order valence-electron chi connectivity index (χ4n) is 1.76. The first-order valence-electron chi connectivity index (χ1n) is 6.03. The zero-order valence-electron chi connectivity index (χ0n) is 10.3. The molecule has 94 valence electrons. The van der Waals surface area contributed by atoms with E-state index >= 15 is 0 Å². The molecule has 2 heterocycles. The number of hydrogen-bond donors (Lipinski definition) is 0. The predicted octanol–water partition coefficient (Wildman–Crippen LogP) is 2.85. The molecule has 3 aromatic rings. The van der Waals surface area contributed by atoms with Gasteiger partial charge in [0.25, 0.3) is 0 Å². The molecule has 4 nitrogen and oxygen atoms in total. The summed E-state index contributed by atoms with van der Waals surface area (Å²) >= 11 is 0. The molecule has 0 amide bonds. The van der Waals surface area contributed by atoms with Crippen LogP contribution >= 0.6 is 0 Å². The summed E-state index contributed by atoms with van der Waals surface area (Å²) in [5.41, 5.74) is 2.06. The molecule has 1 aromatic carbocycles. The van der Waals surface area contributed by atoms with E-state index in [1.54, 1.807) is 12.4 Å². The van der Waals surface area contributed by atoms with Crippen molar-refractivity contribution in [2.24, 2.45) is 0 Å². The minimum Gasteiger partial charge on any atom is -0.487 e. The molecule has 0 bridgehead atoms. The molecule has 0 aliphatic carbocycles. The summed E-state index contributed by atoms with van der Waals surface area (Å²) in [6, 6.07) is 13.7. The Hall–Kier alpha value is -2.62. The molecule has 0 saturated heterocycles. The maximum absolute atomic E-state index is 5.63.